The maximum atomic E-state index is 14.1. The summed E-state index contributed by atoms with van der Waals surface area (Å²) < 4.78 is 14.1. The Bertz CT molecular complexity index is 1040. The number of aromatic nitrogens is 1. The molecule has 32 heavy (non-hydrogen) atoms. The van der Waals surface area contributed by atoms with Gasteiger partial charge in [-0.15, -0.1) is 0 Å². The largest absolute Gasteiger partial charge is 0.382 e. The van der Waals surface area contributed by atoms with Gasteiger partial charge in [0.2, 0.25) is 0 Å². The molecular weight excluding hydrogens is 421 g/mol. The highest BCUT2D eigenvalue weighted by atomic mass is 32.1. The molecule has 2 aliphatic heterocycles. The highest BCUT2D eigenvalue weighted by molar-refractivity contribution is 7.19. The van der Waals surface area contributed by atoms with E-state index in [1.165, 1.54) is 68.3 Å². The van der Waals surface area contributed by atoms with E-state index < -0.39 is 0 Å². The molecule has 3 aromatic rings. The molecule has 2 aliphatic rings. The molecule has 5 rings (SSSR count). The number of likely N-dealkylation sites (tertiary alicyclic amines) is 1. The first-order chi connectivity index (χ1) is 15.7. The van der Waals surface area contributed by atoms with Crippen molar-refractivity contribution in [3.63, 3.8) is 0 Å². The van der Waals surface area contributed by atoms with E-state index in [1.54, 1.807) is 18.2 Å². The molecule has 0 saturated carbocycles. The molecule has 0 spiro atoms. The third kappa shape index (κ3) is 4.59. The first-order valence-corrected chi connectivity index (χ1v) is 12.4. The van der Waals surface area contributed by atoms with Crippen LogP contribution >= 0.6 is 11.3 Å². The lowest BCUT2D eigenvalue weighted by molar-refractivity contribution is 0.141. The van der Waals surface area contributed by atoms with Crippen LogP contribution in [0.4, 0.5) is 26.7 Å². The van der Waals surface area contributed by atoms with Crippen LogP contribution in [0.3, 0.4) is 0 Å². The van der Waals surface area contributed by atoms with Crippen molar-refractivity contribution in [1.82, 2.24) is 9.88 Å². The summed E-state index contributed by atoms with van der Waals surface area (Å²) in [4.78, 5) is 10.2. The predicted octanol–water partition coefficient (Wildman–Crippen LogP) is 5.73. The molecule has 3 N–H and O–H groups in total. The highest BCUT2D eigenvalue weighted by Gasteiger charge is 2.25. The van der Waals surface area contributed by atoms with Crippen LogP contribution in [0, 0.1) is 5.82 Å². The lowest BCUT2D eigenvalue weighted by Crippen LogP contribution is -2.46. The van der Waals surface area contributed by atoms with Crippen molar-refractivity contribution in [1.29, 1.82) is 0 Å². The second-order valence-electron chi connectivity index (χ2n) is 8.70. The van der Waals surface area contributed by atoms with Gasteiger partial charge < -0.3 is 20.9 Å². The topological polar surface area (TPSA) is 57.4 Å². The van der Waals surface area contributed by atoms with Gasteiger partial charge in [0.1, 0.15) is 11.6 Å². The van der Waals surface area contributed by atoms with Crippen molar-refractivity contribution in [3.8, 4) is 10.4 Å². The number of hydrogen-bond donors (Lipinski definition) is 2. The van der Waals surface area contributed by atoms with Gasteiger partial charge in [0, 0.05) is 36.1 Å². The summed E-state index contributed by atoms with van der Waals surface area (Å²) in [6.45, 7) is 4.79. The third-order valence-electron chi connectivity index (χ3n) is 6.63. The molecule has 1 aromatic heterocycles. The molecule has 2 aromatic carbocycles. The summed E-state index contributed by atoms with van der Waals surface area (Å²) in [6, 6.07) is 15.9. The lowest BCUT2D eigenvalue weighted by atomic mass is 9.99. The normalized spacial score (nSPS) is 18.1. The summed E-state index contributed by atoms with van der Waals surface area (Å²) in [6.07, 6.45) is 6.62. The van der Waals surface area contributed by atoms with E-state index in [0.717, 1.165) is 24.8 Å². The van der Waals surface area contributed by atoms with Gasteiger partial charge in [-0.25, -0.2) is 9.37 Å². The minimum absolute atomic E-state index is 0.289. The summed E-state index contributed by atoms with van der Waals surface area (Å²) in [5.41, 5.74) is 8.76. The van der Waals surface area contributed by atoms with E-state index in [2.05, 4.69) is 44.4 Å². The quantitative estimate of drug-likeness (QED) is 0.519. The maximum Gasteiger partial charge on any atom is 0.189 e. The van der Waals surface area contributed by atoms with Gasteiger partial charge >= 0.3 is 0 Å². The summed E-state index contributed by atoms with van der Waals surface area (Å²) in [7, 11) is 0. The van der Waals surface area contributed by atoms with Crippen molar-refractivity contribution in [2.24, 2.45) is 0 Å². The zero-order valence-corrected chi connectivity index (χ0v) is 19.1. The van der Waals surface area contributed by atoms with Gasteiger partial charge in [0.15, 0.2) is 5.13 Å². The molecule has 0 atom stereocenters. The average Bonchev–Trinajstić information content (AvgIpc) is 3.20. The third-order valence-corrected chi connectivity index (χ3v) is 7.65. The molecule has 0 aliphatic carbocycles. The van der Waals surface area contributed by atoms with Gasteiger partial charge in [-0.05, 0) is 69.1 Å². The zero-order valence-electron chi connectivity index (χ0n) is 18.3. The van der Waals surface area contributed by atoms with Gasteiger partial charge in [-0.2, -0.15) is 0 Å². The summed E-state index contributed by atoms with van der Waals surface area (Å²) in [5, 5.41) is 3.98. The highest BCUT2D eigenvalue weighted by Crippen LogP contribution is 2.37. The molecule has 0 amide bonds. The van der Waals surface area contributed by atoms with Crippen LogP contribution in [0.15, 0.2) is 48.5 Å². The van der Waals surface area contributed by atoms with Crippen molar-refractivity contribution >= 4 is 33.7 Å². The van der Waals surface area contributed by atoms with E-state index in [-0.39, 0.29) is 5.82 Å². The lowest BCUT2D eigenvalue weighted by Gasteiger charge is -2.41. The number of nitrogens with one attached hydrogen (secondary N) is 1. The number of piperidine rings is 2. The van der Waals surface area contributed by atoms with Crippen molar-refractivity contribution in [2.75, 3.05) is 42.1 Å². The Labute approximate surface area is 193 Å². The number of nitrogens with zero attached hydrogens (tertiary/aromatic N) is 3. The van der Waals surface area contributed by atoms with Crippen LogP contribution in [0.25, 0.3) is 10.4 Å². The molecule has 5 nitrogen and oxygen atoms in total. The number of thiazole rings is 1. The van der Waals surface area contributed by atoms with E-state index in [1.807, 2.05) is 0 Å². The van der Waals surface area contributed by atoms with Crippen LogP contribution in [-0.2, 0) is 0 Å². The number of nitrogens with two attached hydrogens (primary N) is 1. The monoisotopic (exact) mass is 451 g/mol. The Morgan fingerprint density at radius 2 is 1.66 bits per heavy atom. The molecule has 2 fully saturated rings. The number of hydrogen-bond acceptors (Lipinski definition) is 6. The predicted molar refractivity (Wildman–Crippen MR) is 132 cm³/mol. The number of rotatable bonds is 5. The molecule has 2 saturated heterocycles. The van der Waals surface area contributed by atoms with Gasteiger partial charge in [0.05, 0.1) is 4.88 Å². The summed E-state index contributed by atoms with van der Waals surface area (Å²) >= 11 is 1.37. The van der Waals surface area contributed by atoms with Crippen LogP contribution in [-0.4, -0.2) is 42.1 Å². The number of nitrogen functional groups attached to an aromatic ring is 1. The fourth-order valence-corrected chi connectivity index (χ4v) is 5.81. The molecule has 0 unspecified atom stereocenters. The number of anilines is 4. The van der Waals surface area contributed by atoms with Crippen molar-refractivity contribution < 1.29 is 4.39 Å². The minimum atomic E-state index is -0.289. The van der Waals surface area contributed by atoms with Crippen LogP contribution in [0.1, 0.15) is 32.1 Å². The first kappa shape index (κ1) is 21.2. The van der Waals surface area contributed by atoms with Gasteiger partial charge in [-0.3, -0.25) is 0 Å². The maximum absolute atomic E-state index is 14.1. The van der Waals surface area contributed by atoms with Gasteiger partial charge in [0.25, 0.3) is 0 Å². The van der Waals surface area contributed by atoms with Crippen LogP contribution < -0.4 is 16.0 Å². The van der Waals surface area contributed by atoms with Crippen molar-refractivity contribution in [2.45, 2.75) is 38.1 Å². The molecular formula is C25H30FN5S. The number of benzene rings is 2. The first-order valence-electron chi connectivity index (χ1n) is 11.5. The Morgan fingerprint density at radius 3 is 2.38 bits per heavy atom. The number of halogens is 1. The molecule has 0 bridgehead atoms. The Hall–Kier alpha value is -2.64. The Kier molecular flexibility index (Phi) is 6.28. The SMILES string of the molecule is Nc1nc(Nc2ccc(N3CCC(N4CCCCC4)CC3)cc2)sc1-c1ccccc1F. The molecule has 0 radical (unpaired) electrons. The smallest absolute Gasteiger partial charge is 0.189 e. The summed E-state index contributed by atoms with van der Waals surface area (Å²) in [5.74, 6) is 0.0543. The Morgan fingerprint density at radius 1 is 0.938 bits per heavy atom. The second kappa shape index (κ2) is 9.46. The van der Waals surface area contributed by atoms with E-state index >= 15 is 0 Å². The van der Waals surface area contributed by atoms with E-state index in [4.69, 9.17) is 5.73 Å². The van der Waals surface area contributed by atoms with E-state index in [9.17, 15) is 4.39 Å². The van der Waals surface area contributed by atoms with Crippen molar-refractivity contribution in [3.05, 3.63) is 54.3 Å². The minimum Gasteiger partial charge on any atom is -0.382 e. The molecule has 168 valence electrons. The second-order valence-corrected chi connectivity index (χ2v) is 9.70. The van der Waals surface area contributed by atoms with Crippen LogP contribution in [0.2, 0.25) is 0 Å². The fraction of sp³-hybridized carbons (Fsp3) is 0.400. The molecule has 3 heterocycles. The average molecular weight is 452 g/mol. The van der Waals surface area contributed by atoms with E-state index in [0.29, 0.717) is 21.4 Å². The fourth-order valence-electron chi connectivity index (χ4n) is 4.88. The Balaban J connectivity index is 1.21. The van der Waals surface area contributed by atoms with Gasteiger partial charge in [-0.1, -0.05) is 36.0 Å². The zero-order chi connectivity index (χ0) is 21.9. The molecule has 7 heteroatoms. The van der Waals surface area contributed by atoms with Crippen LogP contribution in [0.5, 0.6) is 0 Å². The standard InChI is InChI=1S/C25H30FN5S/c26-22-7-3-2-6-21(22)23-24(27)29-25(32-23)28-18-8-10-19(11-9-18)31-16-12-20(13-17-31)30-14-4-1-5-15-30/h2-3,6-11,20H,1,4-5,12-17,27H2,(H,28,29).